The first-order valence-corrected chi connectivity index (χ1v) is 10.1. The maximum absolute atomic E-state index is 12.2. The molecule has 0 aliphatic carbocycles. The lowest BCUT2D eigenvalue weighted by molar-refractivity contribution is 0.0526. The van der Waals surface area contributed by atoms with E-state index >= 15 is 0 Å². The van der Waals surface area contributed by atoms with E-state index in [2.05, 4.69) is 15.9 Å². The number of halogens is 2. The molecule has 0 unspecified atom stereocenters. The molecule has 1 atom stereocenters. The SMILES string of the molecule is CCOC(=O)c1ccc2c(c1)N(Cc1ccc(Cl)c(Cl)c1)[C@H]1CCCCN21. The van der Waals surface area contributed by atoms with Gasteiger partial charge in [0, 0.05) is 13.1 Å². The molecule has 142 valence electrons. The molecule has 0 saturated carbocycles. The number of esters is 1. The summed E-state index contributed by atoms with van der Waals surface area (Å²) in [6.45, 7) is 3.95. The van der Waals surface area contributed by atoms with Crippen LogP contribution in [0.5, 0.6) is 0 Å². The van der Waals surface area contributed by atoms with Crippen LogP contribution in [0.4, 0.5) is 11.4 Å². The zero-order chi connectivity index (χ0) is 19.0. The first-order chi connectivity index (χ1) is 13.1. The molecule has 2 aliphatic rings. The molecule has 0 N–H and O–H groups in total. The van der Waals surface area contributed by atoms with E-state index in [0.717, 1.165) is 30.8 Å². The number of rotatable bonds is 4. The third kappa shape index (κ3) is 3.48. The number of carbonyl (C=O) groups excluding carboxylic acids is 1. The van der Waals surface area contributed by atoms with E-state index in [9.17, 15) is 4.79 Å². The van der Waals surface area contributed by atoms with E-state index in [-0.39, 0.29) is 5.97 Å². The molecule has 1 saturated heterocycles. The number of nitrogens with zero attached hydrogens (tertiary/aromatic N) is 2. The van der Waals surface area contributed by atoms with Gasteiger partial charge in [-0.05, 0) is 62.1 Å². The first kappa shape index (κ1) is 18.5. The van der Waals surface area contributed by atoms with Crippen LogP contribution in [-0.4, -0.2) is 25.3 Å². The zero-order valence-electron chi connectivity index (χ0n) is 15.3. The van der Waals surface area contributed by atoms with Crippen LogP contribution < -0.4 is 9.80 Å². The highest BCUT2D eigenvalue weighted by atomic mass is 35.5. The number of benzene rings is 2. The van der Waals surface area contributed by atoms with Crippen molar-refractivity contribution in [1.82, 2.24) is 0 Å². The summed E-state index contributed by atoms with van der Waals surface area (Å²) in [4.78, 5) is 17.0. The maximum atomic E-state index is 12.2. The predicted octanol–water partition coefficient (Wildman–Crippen LogP) is 5.51. The predicted molar refractivity (Wildman–Crippen MR) is 110 cm³/mol. The van der Waals surface area contributed by atoms with Crippen molar-refractivity contribution >= 4 is 40.5 Å². The van der Waals surface area contributed by atoms with Crippen LogP contribution in [0.2, 0.25) is 10.0 Å². The quantitative estimate of drug-likeness (QED) is 0.629. The van der Waals surface area contributed by atoms with Crippen molar-refractivity contribution < 1.29 is 9.53 Å². The number of hydrogen-bond acceptors (Lipinski definition) is 4. The molecule has 1 fully saturated rings. The number of piperidine rings is 1. The first-order valence-electron chi connectivity index (χ1n) is 9.37. The molecule has 0 aromatic heterocycles. The Morgan fingerprint density at radius 3 is 2.74 bits per heavy atom. The third-order valence-corrected chi connectivity index (χ3v) is 6.01. The van der Waals surface area contributed by atoms with Gasteiger partial charge in [-0.15, -0.1) is 0 Å². The second-order valence-electron chi connectivity index (χ2n) is 6.97. The van der Waals surface area contributed by atoms with Crippen LogP contribution in [0.25, 0.3) is 0 Å². The van der Waals surface area contributed by atoms with Gasteiger partial charge in [-0.1, -0.05) is 29.3 Å². The smallest absolute Gasteiger partial charge is 0.338 e. The Kier molecular flexibility index (Phi) is 5.20. The Morgan fingerprint density at radius 2 is 1.96 bits per heavy atom. The summed E-state index contributed by atoms with van der Waals surface area (Å²) < 4.78 is 5.19. The van der Waals surface area contributed by atoms with E-state index in [0.29, 0.717) is 28.4 Å². The van der Waals surface area contributed by atoms with Gasteiger partial charge in [0.2, 0.25) is 0 Å². The largest absolute Gasteiger partial charge is 0.462 e. The van der Waals surface area contributed by atoms with Crippen molar-refractivity contribution in [2.75, 3.05) is 23.0 Å². The molecule has 2 aromatic carbocycles. The van der Waals surface area contributed by atoms with Gasteiger partial charge in [-0.2, -0.15) is 0 Å². The second-order valence-corrected chi connectivity index (χ2v) is 7.78. The molecular weight excluding hydrogens is 383 g/mol. The minimum atomic E-state index is -0.278. The highest BCUT2D eigenvalue weighted by Crippen LogP contribution is 2.44. The minimum absolute atomic E-state index is 0.278. The van der Waals surface area contributed by atoms with E-state index in [4.69, 9.17) is 27.9 Å². The lowest BCUT2D eigenvalue weighted by atomic mass is 10.1. The number of carbonyl (C=O) groups is 1. The number of hydrogen-bond donors (Lipinski definition) is 0. The highest BCUT2D eigenvalue weighted by molar-refractivity contribution is 6.42. The molecule has 0 radical (unpaired) electrons. The molecular formula is C21H22Cl2N2O2. The summed E-state index contributed by atoms with van der Waals surface area (Å²) in [5, 5.41) is 1.13. The Balaban J connectivity index is 1.70. The summed E-state index contributed by atoms with van der Waals surface area (Å²) in [5.74, 6) is -0.278. The van der Waals surface area contributed by atoms with Crippen LogP contribution >= 0.6 is 23.2 Å². The van der Waals surface area contributed by atoms with Crippen molar-refractivity contribution in [3.63, 3.8) is 0 Å². The average molecular weight is 405 g/mol. The van der Waals surface area contributed by atoms with Gasteiger partial charge in [-0.25, -0.2) is 4.79 Å². The number of fused-ring (bicyclic) bond motifs is 3. The van der Waals surface area contributed by atoms with Crippen LogP contribution in [0.3, 0.4) is 0 Å². The van der Waals surface area contributed by atoms with Gasteiger partial charge in [-0.3, -0.25) is 0 Å². The summed E-state index contributed by atoms with van der Waals surface area (Å²) in [6.07, 6.45) is 3.80. The normalized spacial score (nSPS) is 18.3. The van der Waals surface area contributed by atoms with Crippen molar-refractivity contribution in [2.45, 2.75) is 38.9 Å². The number of anilines is 2. The summed E-state index contributed by atoms with van der Waals surface area (Å²) in [5.41, 5.74) is 3.96. The van der Waals surface area contributed by atoms with Crippen LogP contribution in [-0.2, 0) is 11.3 Å². The molecule has 2 heterocycles. The fourth-order valence-corrected chi connectivity index (χ4v) is 4.36. The maximum Gasteiger partial charge on any atom is 0.338 e. The summed E-state index contributed by atoms with van der Waals surface area (Å²) in [7, 11) is 0. The molecule has 6 heteroatoms. The Hall–Kier alpha value is -1.91. The van der Waals surface area contributed by atoms with Gasteiger partial charge in [0.1, 0.15) is 6.17 Å². The van der Waals surface area contributed by atoms with Crippen LogP contribution in [0, 0.1) is 0 Å². The monoisotopic (exact) mass is 404 g/mol. The molecule has 2 aliphatic heterocycles. The van der Waals surface area contributed by atoms with E-state index < -0.39 is 0 Å². The van der Waals surface area contributed by atoms with E-state index in [1.165, 1.54) is 18.5 Å². The Morgan fingerprint density at radius 1 is 1.11 bits per heavy atom. The number of ether oxygens (including phenoxy) is 1. The van der Waals surface area contributed by atoms with Crippen molar-refractivity contribution in [3.05, 3.63) is 57.6 Å². The van der Waals surface area contributed by atoms with Crippen molar-refractivity contribution in [1.29, 1.82) is 0 Å². The zero-order valence-corrected chi connectivity index (χ0v) is 16.8. The molecule has 27 heavy (non-hydrogen) atoms. The van der Waals surface area contributed by atoms with E-state index in [1.807, 2.05) is 37.3 Å². The third-order valence-electron chi connectivity index (χ3n) is 5.27. The van der Waals surface area contributed by atoms with Gasteiger partial charge < -0.3 is 14.5 Å². The van der Waals surface area contributed by atoms with Gasteiger partial charge >= 0.3 is 5.97 Å². The van der Waals surface area contributed by atoms with Crippen LogP contribution in [0.1, 0.15) is 42.1 Å². The van der Waals surface area contributed by atoms with Gasteiger partial charge in [0.25, 0.3) is 0 Å². The topological polar surface area (TPSA) is 32.8 Å². The van der Waals surface area contributed by atoms with Gasteiger partial charge in [0.05, 0.1) is 33.6 Å². The lowest BCUT2D eigenvalue weighted by Gasteiger charge is -2.36. The van der Waals surface area contributed by atoms with Crippen molar-refractivity contribution in [3.8, 4) is 0 Å². The highest BCUT2D eigenvalue weighted by Gasteiger charge is 2.37. The molecule has 2 aromatic rings. The molecule has 0 spiro atoms. The fraction of sp³-hybridized carbons (Fsp3) is 0.381. The minimum Gasteiger partial charge on any atom is -0.462 e. The fourth-order valence-electron chi connectivity index (χ4n) is 4.04. The average Bonchev–Trinajstić information content (AvgIpc) is 2.98. The van der Waals surface area contributed by atoms with Crippen molar-refractivity contribution in [2.24, 2.45) is 0 Å². The molecule has 0 amide bonds. The summed E-state index contributed by atoms with van der Waals surface area (Å²) in [6, 6.07) is 11.6. The molecule has 4 nitrogen and oxygen atoms in total. The molecule has 4 rings (SSSR count). The summed E-state index contributed by atoms with van der Waals surface area (Å²) >= 11 is 12.3. The van der Waals surface area contributed by atoms with Gasteiger partial charge in [0.15, 0.2) is 0 Å². The van der Waals surface area contributed by atoms with Crippen LogP contribution in [0.15, 0.2) is 36.4 Å². The standard InChI is InChI=1S/C21H22Cl2N2O2/c1-2-27-21(26)15-7-9-18-19(12-15)25(20-5-3-4-10-24(18)20)13-14-6-8-16(22)17(23)11-14/h6-9,11-12,20H,2-5,10,13H2,1H3/t20-/m0/s1. The Bertz CT molecular complexity index is 871. The second kappa shape index (κ2) is 7.61. The van der Waals surface area contributed by atoms with E-state index in [1.54, 1.807) is 0 Å². The molecule has 0 bridgehead atoms. The Labute approximate surface area is 169 Å². The lowest BCUT2D eigenvalue weighted by Crippen LogP contribution is -2.45.